The van der Waals surface area contributed by atoms with Gasteiger partial charge >= 0.3 is 0 Å². The van der Waals surface area contributed by atoms with Gasteiger partial charge in [-0.3, -0.25) is 4.79 Å². The number of carbonyl (C=O) groups excluding carboxylic acids is 1. The smallest absolute Gasteiger partial charge is 0.220 e. The first-order valence-corrected chi connectivity index (χ1v) is 39.4. The number of rotatable bonds is 60. The van der Waals surface area contributed by atoms with Crippen molar-refractivity contribution >= 4 is 5.91 Å². The molecule has 3 fully saturated rings. The number of carbonyl (C=O) groups is 1. The number of unbranched alkanes of at least 4 members (excludes halogenated alkanes) is 24. The third kappa shape index (κ3) is 41.7. The third-order valence-electron chi connectivity index (χ3n) is 18.7. The molecule has 0 saturated carbocycles. The fourth-order valence-corrected chi connectivity index (χ4v) is 12.4. The Labute approximate surface area is 613 Å². The average molecular weight is 1440 g/mol. The van der Waals surface area contributed by atoms with E-state index in [0.717, 1.165) is 109 Å². The number of amides is 1. The van der Waals surface area contributed by atoms with E-state index in [1.54, 1.807) is 6.08 Å². The lowest BCUT2D eigenvalue weighted by Gasteiger charge is -2.48. The highest BCUT2D eigenvalue weighted by Crippen LogP contribution is 2.33. The Bertz CT molecular complexity index is 2370. The Morgan fingerprint density at radius 1 is 0.363 bits per heavy atom. The molecule has 17 unspecified atom stereocenters. The number of allylic oxidation sites excluding steroid dienone is 21. The van der Waals surface area contributed by atoms with E-state index >= 15 is 0 Å². The van der Waals surface area contributed by atoms with E-state index in [-0.39, 0.29) is 18.9 Å². The number of hydrogen-bond acceptors (Lipinski definition) is 18. The second-order valence-electron chi connectivity index (χ2n) is 27.4. The summed E-state index contributed by atoms with van der Waals surface area (Å²) in [5.74, 6) is -0.293. The van der Waals surface area contributed by atoms with Crippen molar-refractivity contribution < 1.29 is 89.4 Å². The Morgan fingerprint density at radius 3 is 1.10 bits per heavy atom. The summed E-state index contributed by atoms with van der Waals surface area (Å²) in [6.07, 6.45) is 61.5. The second kappa shape index (κ2) is 62.0. The minimum Gasteiger partial charge on any atom is -0.394 e. The summed E-state index contributed by atoms with van der Waals surface area (Å²) in [5.41, 5.74) is 0. The molecule has 12 N–H and O–H groups in total. The van der Waals surface area contributed by atoms with Gasteiger partial charge in [-0.25, -0.2) is 0 Å². The quantitative estimate of drug-likeness (QED) is 0.0199. The molecule has 0 bridgehead atoms. The predicted molar refractivity (Wildman–Crippen MR) is 406 cm³/mol. The lowest BCUT2D eigenvalue weighted by atomic mass is 9.96. The third-order valence-corrected chi connectivity index (χ3v) is 18.7. The van der Waals surface area contributed by atoms with E-state index in [2.05, 4.69) is 141 Å². The summed E-state index contributed by atoms with van der Waals surface area (Å²) < 4.78 is 34.4. The Balaban J connectivity index is 1.35. The van der Waals surface area contributed by atoms with Gasteiger partial charge in [-0.05, 0) is 103 Å². The SMILES string of the molecule is CC/C=C\C/C=C\C/C=C\C/C=C\C/C=C\C/C=C\C/C=C\C/C=C\C/C=C\CCCCCCCCCCCCCC(=O)NC(COC1OC(CO)C(OC2OC(CO)C(OC3OC(CO)C(O)C(O)C3O)C(O)C2O)C(O)C1O)C(O)/C=C/CC/C=C/CCCCCCCCCCCCCC. The van der Waals surface area contributed by atoms with Gasteiger partial charge in [-0.2, -0.15) is 0 Å². The van der Waals surface area contributed by atoms with Gasteiger partial charge in [0.1, 0.15) is 73.2 Å². The van der Waals surface area contributed by atoms with Gasteiger partial charge in [0.05, 0.1) is 38.6 Å². The monoisotopic (exact) mass is 1440 g/mol. The van der Waals surface area contributed by atoms with Gasteiger partial charge in [0.15, 0.2) is 18.9 Å². The van der Waals surface area contributed by atoms with E-state index in [1.807, 2.05) is 6.08 Å². The number of aliphatic hydroxyl groups excluding tert-OH is 11. The lowest BCUT2D eigenvalue weighted by Crippen LogP contribution is -2.66. The molecular weight excluding hydrogens is 1300 g/mol. The summed E-state index contributed by atoms with van der Waals surface area (Å²) in [4.78, 5) is 13.5. The number of nitrogens with one attached hydrogen (secondary N) is 1. The maximum absolute atomic E-state index is 13.5. The predicted octanol–water partition coefficient (Wildman–Crippen LogP) is 12.9. The molecule has 3 saturated heterocycles. The molecular formula is C83H139NO18. The van der Waals surface area contributed by atoms with E-state index in [4.69, 9.17) is 28.4 Å². The molecule has 3 rings (SSSR count). The highest BCUT2D eigenvalue weighted by molar-refractivity contribution is 5.76. The molecule has 0 aromatic heterocycles. The average Bonchev–Trinajstić information content (AvgIpc) is 0.781. The van der Waals surface area contributed by atoms with Crippen LogP contribution in [0.3, 0.4) is 0 Å². The number of aliphatic hydroxyl groups is 11. The first-order valence-electron chi connectivity index (χ1n) is 39.4. The van der Waals surface area contributed by atoms with Crippen LogP contribution in [-0.2, 0) is 33.2 Å². The number of ether oxygens (including phenoxy) is 6. The Kier molecular flexibility index (Phi) is 56.0. The fraction of sp³-hybridized carbons (Fsp3) is 0.723. The molecule has 19 nitrogen and oxygen atoms in total. The minimum absolute atomic E-state index is 0.224. The molecule has 3 aliphatic heterocycles. The van der Waals surface area contributed by atoms with Crippen LogP contribution in [0.5, 0.6) is 0 Å². The standard InChI is InChI=1S/C83H139NO18/c1-3-5-7-9-11-13-15-17-19-21-23-24-25-26-27-28-29-30-31-32-33-34-35-36-37-38-39-40-41-42-43-45-47-49-51-53-55-57-59-61-71(89)84-66(67(88)60-58-56-54-52-50-48-46-44-22-20-18-16-14-12-10-8-6-4-2)65-97-81-77(95)74(92)79(69(63-86)99-81)102-83-78(96)75(93)80(70(64-87)100-83)101-82-76(94)73(91)72(90)68(62-85)98-82/h5,7,11,13,17,19,23-24,26-27,29-30,32-33,35-36,38-39,50,52,58,60,66-70,72-83,85-88,90-96H,3-4,6,8-10,12,14-16,18,20-22,25,28,31,34,37,40-49,51,53-57,59,61-65H2,1-2H3,(H,84,89)/b7-5-,13-11-,19-17-,24-23-,27-26-,30-29-,33-32-,36-35-,39-38-,52-50+,60-58+. The van der Waals surface area contributed by atoms with Gasteiger partial charge in [0.25, 0.3) is 0 Å². The highest BCUT2D eigenvalue weighted by atomic mass is 16.8. The Hall–Kier alpha value is -4.07. The highest BCUT2D eigenvalue weighted by Gasteiger charge is 2.53. The zero-order valence-corrected chi connectivity index (χ0v) is 62.3. The molecule has 0 aliphatic carbocycles. The van der Waals surface area contributed by atoms with Crippen LogP contribution in [0.1, 0.15) is 251 Å². The van der Waals surface area contributed by atoms with E-state index in [1.165, 1.54) is 109 Å². The van der Waals surface area contributed by atoms with E-state index in [9.17, 15) is 61.0 Å². The maximum Gasteiger partial charge on any atom is 0.220 e. The molecule has 0 radical (unpaired) electrons. The van der Waals surface area contributed by atoms with Gasteiger partial charge in [-0.1, -0.05) is 276 Å². The van der Waals surface area contributed by atoms with Crippen LogP contribution < -0.4 is 5.32 Å². The van der Waals surface area contributed by atoms with Crippen LogP contribution in [0.15, 0.2) is 134 Å². The van der Waals surface area contributed by atoms with Crippen LogP contribution in [0.25, 0.3) is 0 Å². The van der Waals surface area contributed by atoms with Gasteiger partial charge in [-0.15, -0.1) is 0 Å². The summed E-state index contributed by atoms with van der Waals surface area (Å²) in [7, 11) is 0. The van der Waals surface area contributed by atoms with Crippen molar-refractivity contribution in [2.45, 2.75) is 356 Å². The molecule has 0 aromatic rings. The molecule has 0 spiro atoms. The maximum atomic E-state index is 13.5. The second-order valence-corrected chi connectivity index (χ2v) is 27.4. The van der Waals surface area contributed by atoms with Gasteiger partial charge in [0.2, 0.25) is 5.91 Å². The summed E-state index contributed by atoms with van der Waals surface area (Å²) in [6, 6.07) is -1.00. The van der Waals surface area contributed by atoms with Gasteiger partial charge < -0.3 is 89.9 Å². The van der Waals surface area contributed by atoms with Gasteiger partial charge in [0, 0.05) is 6.42 Å². The summed E-state index contributed by atoms with van der Waals surface area (Å²) in [5, 5.41) is 121. The molecule has 17 atom stereocenters. The van der Waals surface area contributed by atoms with Crippen LogP contribution >= 0.6 is 0 Å². The molecule has 584 valence electrons. The van der Waals surface area contributed by atoms with Crippen LogP contribution in [0.2, 0.25) is 0 Å². The normalized spacial score (nSPS) is 26.9. The molecule has 1 amide bonds. The van der Waals surface area contributed by atoms with Crippen molar-refractivity contribution in [3.8, 4) is 0 Å². The first kappa shape index (κ1) is 92.1. The molecule has 0 aromatic carbocycles. The topological polar surface area (TPSA) is 307 Å². The van der Waals surface area contributed by atoms with Crippen molar-refractivity contribution in [2.75, 3.05) is 26.4 Å². The first-order chi connectivity index (χ1) is 49.8. The molecule has 3 heterocycles. The van der Waals surface area contributed by atoms with E-state index in [0.29, 0.717) is 12.8 Å². The lowest BCUT2D eigenvalue weighted by molar-refractivity contribution is -0.379. The van der Waals surface area contributed by atoms with Crippen molar-refractivity contribution in [3.05, 3.63) is 134 Å². The van der Waals surface area contributed by atoms with Crippen molar-refractivity contribution in [1.82, 2.24) is 5.32 Å². The summed E-state index contributed by atoms with van der Waals surface area (Å²) >= 11 is 0. The van der Waals surface area contributed by atoms with Crippen molar-refractivity contribution in [1.29, 1.82) is 0 Å². The van der Waals surface area contributed by atoms with Crippen molar-refractivity contribution in [3.63, 3.8) is 0 Å². The fourth-order valence-electron chi connectivity index (χ4n) is 12.4. The zero-order valence-electron chi connectivity index (χ0n) is 62.3. The summed E-state index contributed by atoms with van der Waals surface area (Å²) in [6.45, 7) is 1.59. The largest absolute Gasteiger partial charge is 0.394 e. The van der Waals surface area contributed by atoms with Crippen LogP contribution in [0, 0.1) is 0 Å². The number of hydrogen-bond donors (Lipinski definition) is 12. The zero-order chi connectivity index (χ0) is 73.9. The Morgan fingerprint density at radius 2 is 0.686 bits per heavy atom. The molecule has 19 heteroatoms. The van der Waals surface area contributed by atoms with Crippen LogP contribution in [-0.4, -0.2) is 193 Å². The molecule has 3 aliphatic rings. The minimum atomic E-state index is -1.99. The molecule has 102 heavy (non-hydrogen) atoms. The van der Waals surface area contributed by atoms with Crippen LogP contribution in [0.4, 0.5) is 0 Å². The van der Waals surface area contributed by atoms with E-state index < -0.39 is 124 Å². The van der Waals surface area contributed by atoms with Crippen molar-refractivity contribution in [2.24, 2.45) is 0 Å².